The third-order valence-electron chi connectivity index (χ3n) is 8.55. The summed E-state index contributed by atoms with van der Waals surface area (Å²) in [6.07, 6.45) is -0.694. The van der Waals surface area contributed by atoms with Gasteiger partial charge in [0.2, 0.25) is 0 Å². The van der Waals surface area contributed by atoms with Gasteiger partial charge in [0, 0.05) is 0 Å². The maximum atomic E-state index is 7.32. The van der Waals surface area contributed by atoms with Gasteiger partial charge in [0.1, 0.15) is 17.2 Å². The smallest absolute Gasteiger partial charge is 0.261 e. The molecule has 3 atom stereocenters. The van der Waals surface area contributed by atoms with Crippen molar-refractivity contribution in [2.75, 3.05) is 6.61 Å². The van der Waals surface area contributed by atoms with E-state index in [1.165, 1.54) is 21.5 Å². The molecule has 5 rings (SSSR count). The maximum Gasteiger partial charge on any atom is 0.261 e. The molecule has 0 aromatic heterocycles. The summed E-state index contributed by atoms with van der Waals surface area (Å²) in [6.45, 7) is 12.5. The van der Waals surface area contributed by atoms with Crippen LogP contribution in [0.2, 0.25) is 5.04 Å². The summed E-state index contributed by atoms with van der Waals surface area (Å²) >= 11 is 5.91. The lowest BCUT2D eigenvalue weighted by Gasteiger charge is -2.43. The van der Waals surface area contributed by atoms with Gasteiger partial charge in [0.05, 0.1) is 25.9 Å². The van der Waals surface area contributed by atoms with E-state index in [1.807, 2.05) is 12.1 Å². The van der Waals surface area contributed by atoms with E-state index in [4.69, 9.17) is 26.1 Å². The van der Waals surface area contributed by atoms with Gasteiger partial charge in [0.25, 0.3) is 8.32 Å². The molecule has 0 spiro atoms. The first kappa shape index (κ1) is 31.3. The molecule has 3 unspecified atom stereocenters. The van der Waals surface area contributed by atoms with Crippen molar-refractivity contribution in [1.29, 1.82) is 0 Å². The highest BCUT2D eigenvalue weighted by atomic mass is 32.1. The Labute approximate surface area is 263 Å². The van der Waals surface area contributed by atoms with Gasteiger partial charge in [-0.25, -0.2) is 0 Å². The van der Waals surface area contributed by atoms with Gasteiger partial charge in [-0.05, 0) is 51.5 Å². The van der Waals surface area contributed by atoms with E-state index in [0.29, 0.717) is 24.8 Å². The standard InChI is InChI=1S/C37H43NO3SSi/c1-27-16-12-14-18-29(27)24-39-34-33(38-36(42)35(34)40-25-30-19-15-13-17-28(30)2)26-41-43(37(3,4)5,31-20-8-6-9-21-31)32-22-10-7-11-23-32/h6-23,33-35H,24-26H2,1-5H3,(H,38,42). The Morgan fingerprint density at radius 2 is 1.14 bits per heavy atom. The molecule has 6 heteroatoms. The summed E-state index contributed by atoms with van der Waals surface area (Å²) < 4.78 is 20.6. The number of benzene rings is 4. The second-order valence-corrected chi connectivity index (χ2v) is 17.2. The average molecular weight is 610 g/mol. The molecule has 0 bridgehead atoms. The minimum atomic E-state index is -2.74. The zero-order valence-corrected chi connectivity index (χ0v) is 27.7. The van der Waals surface area contributed by atoms with Crippen molar-refractivity contribution in [3.8, 4) is 0 Å². The summed E-state index contributed by atoms with van der Waals surface area (Å²) in [5, 5.41) is 5.93. The Balaban J connectivity index is 1.45. The molecule has 0 aliphatic carbocycles. The van der Waals surface area contributed by atoms with Gasteiger partial charge >= 0.3 is 0 Å². The van der Waals surface area contributed by atoms with E-state index in [0.717, 1.165) is 11.1 Å². The van der Waals surface area contributed by atoms with E-state index in [9.17, 15) is 0 Å². The van der Waals surface area contributed by atoms with Gasteiger partial charge in [-0.15, -0.1) is 0 Å². The zero-order chi connectivity index (χ0) is 30.5. The van der Waals surface area contributed by atoms with Crippen LogP contribution in [0.1, 0.15) is 43.0 Å². The Hall–Kier alpha value is -3.13. The van der Waals surface area contributed by atoms with Gasteiger partial charge in [-0.3, -0.25) is 0 Å². The molecule has 0 radical (unpaired) electrons. The van der Waals surface area contributed by atoms with E-state index >= 15 is 0 Å². The lowest BCUT2D eigenvalue weighted by atomic mass is 10.1. The molecular weight excluding hydrogens is 567 g/mol. The van der Waals surface area contributed by atoms with Crippen LogP contribution in [0.25, 0.3) is 0 Å². The van der Waals surface area contributed by atoms with Crippen LogP contribution >= 0.6 is 12.2 Å². The number of hydrogen-bond donors (Lipinski definition) is 1. The molecule has 1 fully saturated rings. The van der Waals surface area contributed by atoms with Crippen molar-refractivity contribution in [3.63, 3.8) is 0 Å². The molecule has 4 aromatic rings. The predicted molar refractivity (Wildman–Crippen MR) is 183 cm³/mol. The fraction of sp³-hybridized carbons (Fsp3) is 0.324. The molecule has 224 valence electrons. The summed E-state index contributed by atoms with van der Waals surface area (Å²) in [5.74, 6) is 0. The minimum Gasteiger partial charge on any atom is -0.405 e. The first-order valence-electron chi connectivity index (χ1n) is 15.1. The van der Waals surface area contributed by atoms with Crippen molar-refractivity contribution >= 4 is 35.9 Å². The number of hydrogen-bond acceptors (Lipinski definition) is 4. The molecule has 1 N–H and O–H groups in total. The summed E-state index contributed by atoms with van der Waals surface area (Å²) in [7, 11) is -2.74. The van der Waals surface area contributed by atoms with E-state index in [2.05, 4.69) is 137 Å². The van der Waals surface area contributed by atoms with Crippen molar-refractivity contribution < 1.29 is 13.9 Å². The fourth-order valence-electron chi connectivity index (χ4n) is 6.10. The predicted octanol–water partition coefficient (Wildman–Crippen LogP) is 6.65. The summed E-state index contributed by atoms with van der Waals surface area (Å²) in [4.78, 5) is 0.666. The Bertz CT molecular complexity index is 1470. The maximum absolute atomic E-state index is 7.32. The van der Waals surface area contributed by atoms with Crippen LogP contribution in [0.5, 0.6) is 0 Å². The van der Waals surface area contributed by atoms with Crippen molar-refractivity contribution in [1.82, 2.24) is 5.32 Å². The lowest BCUT2D eigenvalue weighted by Crippen LogP contribution is -2.67. The summed E-state index contributed by atoms with van der Waals surface area (Å²) in [6, 6.07) is 38.0. The molecule has 43 heavy (non-hydrogen) atoms. The number of aryl methyl sites for hydroxylation is 2. The van der Waals surface area contributed by atoms with Crippen LogP contribution in [0.4, 0.5) is 0 Å². The van der Waals surface area contributed by atoms with E-state index < -0.39 is 8.32 Å². The van der Waals surface area contributed by atoms with Gasteiger partial charge in [0.15, 0.2) is 0 Å². The molecule has 4 nitrogen and oxygen atoms in total. The highest BCUT2D eigenvalue weighted by molar-refractivity contribution is 7.80. The van der Waals surface area contributed by atoms with Crippen LogP contribution < -0.4 is 15.7 Å². The molecule has 1 saturated heterocycles. The first-order chi connectivity index (χ1) is 20.7. The highest BCUT2D eigenvalue weighted by Gasteiger charge is 2.52. The topological polar surface area (TPSA) is 39.7 Å². The second-order valence-electron chi connectivity index (χ2n) is 12.4. The minimum absolute atomic E-state index is 0.132. The Morgan fingerprint density at radius 3 is 1.63 bits per heavy atom. The average Bonchev–Trinajstić information content (AvgIpc) is 3.30. The van der Waals surface area contributed by atoms with Crippen LogP contribution in [0, 0.1) is 13.8 Å². The lowest BCUT2D eigenvalue weighted by molar-refractivity contribution is -0.0610. The summed E-state index contributed by atoms with van der Waals surface area (Å²) in [5.41, 5.74) is 4.71. The highest BCUT2D eigenvalue weighted by Crippen LogP contribution is 2.37. The SMILES string of the molecule is Cc1ccccc1COC1C(=S)NC(CO[Si](c2ccccc2)(c2ccccc2)C(C)(C)C)C1OCc1ccccc1C. The van der Waals surface area contributed by atoms with Crippen LogP contribution in [0.3, 0.4) is 0 Å². The van der Waals surface area contributed by atoms with Crippen LogP contribution in [-0.2, 0) is 27.1 Å². The number of ether oxygens (including phenoxy) is 2. The normalized spacial score (nSPS) is 18.9. The zero-order valence-electron chi connectivity index (χ0n) is 25.9. The number of nitrogens with one attached hydrogen (secondary N) is 1. The van der Waals surface area contributed by atoms with Gasteiger partial charge in [-0.1, -0.05) is 142 Å². The van der Waals surface area contributed by atoms with Gasteiger partial charge < -0.3 is 19.2 Å². The molecule has 0 saturated carbocycles. The van der Waals surface area contributed by atoms with Gasteiger partial charge in [-0.2, -0.15) is 0 Å². The molecular formula is C37H43NO3SSi. The number of rotatable bonds is 11. The molecule has 1 aliphatic rings. The van der Waals surface area contributed by atoms with Crippen LogP contribution in [0.15, 0.2) is 109 Å². The molecule has 0 amide bonds. The molecule has 1 heterocycles. The Morgan fingerprint density at radius 1 is 0.674 bits per heavy atom. The molecule has 4 aromatic carbocycles. The number of thiocarbonyl (C=S) groups is 1. The quantitative estimate of drug-likeness (QED) is 0.152. The fourth-order valence-corrected chi connectivity index (χ4v) is 11.0. The monoisotopic (exact) mass is 609 g/mol. The van der Waals surface area contributed by atoms with Crippen molar-refractivity contribution in [2.24, 2.45) is 0 Å². The Kier molecular flexibility index (Phi) is 9.94. The third kappa shape index (κ3) is 6.84. The van der Waals surface area contributed by atoms with E-state index in [-0.39, 0.29) is 23.3 Å². The van der Waals surface area contributed by atoms with Crippen LogP contribution in [-0.4, -0.2) is 38.2 Å². The second kappa shape index (κ2) is 13.7. The first-order valence-corrected chi connectivity index (χ1v) is 17.4. The third-order valence-corrected chi connectivity index (χ3v) is 13.9. The molecule has 1 aliphatic heterocycles. The van der Waals surface area contributed by atoms with Crippen molar-refractivity contribution in [2.45, 2.75) is 71.1 Å². The van der Waals surface area contributed by atoms with E-state index in [1.54, 1.807) is 0 Å². The van der Waals surface area contributed by atoms with Crippen molar-refractivity contribution in [3.05, 3.63) is 131 Å². The largest absolute Gasteiger partial charge is 0.405 e.